The minimum absolute atomic E-state index is 0.160. The van der Waals surface area contributed by atoms with E-state index in [2.05, 4.69) is 13.0 Å². The third kappa shape index (κ3) is 1.90. The second kappa shape index (κ2) is 5.07. The van der Waals surface area contributed by atoms with Crippen LogP contribution in [0, 0.1) is 28.6 Å². The van der Waals surface area contributed by atoms with Crippen LogP contribution in [-0.4, -0.2) is 33.0 Å². The molecule has 2 unspecified atom stereocenters. The molecule has 4 rings (SSSR count). The number of allylic oxidation sites excluding steroid dienone is 1. The van der Waals surface area contributed by atoms with Gasteiger partial charge in [0.25, 0.3) is 0 Å². The summed E-state index contributed by atoms with van der Waals surface area (Å²) in [6.45, 7) is 4.38. The summed E-state index contributed by atoms with van der Waals surface area (Å²) in [5, 5.41) is 30.6. The number of carboxylic acids is 1. The molecule has 0 saturated heterocycles. The van der Waals surface area contributed by atoms with E-state index in [1.54, 1.807) is 0 Å². The molecule has 0 aromatic carbocycles. The highest BCUT2D eigenvalue weighted by atomic mass is 16.4. The minimum Gasteiger partial charge on any atom is -0.479 e. The summed E-state index contributed by atoms with van der Waals surface area (Å²) < 4.78 is 0. The predicted octanol–water partition coefficient (Wildman–Crippen LogP) is 3.13. The van der Waals surface area contributed by atoms with Gasteiger partial charge in [0, 0.05) is 5.41 Å². The highest BCUT2D eigenvalue weighted by molar-refractivity contribution is 5.79. The Bertz CT molecular complexity index is 598. The fraction of sp³-hybridized carbons (Fsp3) is 0.850. The van der Waals surface area contributed by atoms with Crippen molar-refractivity contribution in [1.82, 2.24) is 0 Å². The Hall–Kier alpha value is -0.870. The number of aliphatic hydroxyl groups excluding tert-OH is 1. The van der Waals surface area contributed by atoms with Crippen molar-refractivity contribution in [3.63, 3.8) is 0 Å². The summed E-state index contributed by atoms with van der Waals surface area (Å²) >= 11 is 0. The largest absolute Gasteiger partial charge is 0.479 e. The SMILES string of the molecule is C[C@]12CCC(O)CC1=CC[C@@H]1[C@H]2CC[C@@]2(C)[C@H]1CCC2(O)C(=O)O. The van der Waals surface area contributed by atoms with Crippen molar-refractivity contribution in [2.75, 3.05) is 0 Å². The molecule has 4 nitrogen and oxygen atoms in total. The van der Waals surface area contributed by atoms with Crippen molar-refractivity contribution in [1.29, 1.82) is 0 Å². The molecule has 4 heteroatoms. The van der Waals surface area contributed by atoms with Gasteiger partial charge >= 0.3 is 5.97 Å². The van der Waals surface area contributed by atoms with Crippen molar-refractivity contribution in [3.05, 3.63) is 11.6 Å². The van der Waals surface area contributed by atoms with E-state index >= 15 is 0 Å². The van der Waals surface area contributed by atoms with Crippen molar-refractivity contribution < 1.29 is 20.1 Å². The van der Waals surface area contributed by atoms with E-state index in [-0.39, 0.29) is 11.5 Å². The van der Waals surface area contributed by atoms with Gasteiger partial charge in [-0.05, 0) is 74.5 Å². The predicted molar refractivity (Wildman–Crippen MR) is 90.3 cm³/mol. The third-order valence-electron chi connectivity index (χ3n) is 8.58. The van der Waals surface area contributed by atoms with Gasteiger partial charge in [-0.2, -0.15) is 0 Å². The molecule has 3 fully saturated rings. The van der Waals surface area contributed by atoms with Crippen LogP contribution >= 0.6 is 0 Å². The van der Waals surface area contributed by atoms with E-state index in [0.29, 0.717) is 24.2 Å². The molecule has 0 spiro atoms. The quantitative estimate of drug-likeness (QED) is 0.644. The number of aliphatic carboxylic acids is 1. The zero-order chi connectivity index (χ0) is 17.3. The summed E-state index contributed by atoms with van der Waals surface area (Å²) in [5.41, 5.74) is -0.475. The van der Waals surface area contributed by atoms with Crippen LogP contribution in [-0.2, 0) is 4.79 Å². The second-order valence-electron chi connectivity index (χ2n) is 9.32. The van der Waals surface area contributed by atoms with E-state index in [0.717, 1.165) is 44.9 Å². The average molecular weight is 334 g/mol. The first kappa shape index (κ1) is 16.6. The fourth-order valence-electron chi connectivity index (χ4n) is 7.01. The van der Waals surface area contributed by atoms with Gasteiger partial charge in [0.1, 0.15) is 0 Å². The minimum atomic E-state index is -1.56. The first-order valence-corrected chi connectivity index (χ1v) is 9.56. The van der Waals surface area contributed by atoms with Gasteiger partial charge < -0.3 is 15.3 Å². The van der Waals surface area contributed by atoms with Gasteiger partial charge in [-0.1, -0.05) is 25.5 Å². The van der Waals surface area contributed by atoms with Gasteiger partial charge in [0.2, 0.25) is 0 Å². The van der Waals surface area contributed by atoms with Gasteiger partial charge in [-0.3, -0.25) is 0 Å². The smallest absolute Gasteiger partial charge is 0.336 e. The standard InChI is InChI=1S/C20H30O4/c1-18-8-5-13(21)11-12(18)3-4-14-15(18)6-9-19(2)16(14)7-10-20(19,24)17(22)23/h3,13-16,21,24H,4-11H2,1-2H3,(H,22,23)/t13?,14-,15-,16+,18+,19+,20?/m1/s1. The van der Waals surface area contributed by atoms with Crippen molar-refractivity contribution >= 4 is 5.97 Å². The van der Waals surface area contributed by atoms with E-state index in [9.17, 15) is 20.1 Å². The zero-order valence-corrected chi connectivity index (χ0v) is 14.8. The van der Waals surface area contributed by atoms with Crippen LogP contribution in [0.15, 0.2) is 11.6 Å². The molecule has 4 aliphatic carbocycles. The summed E-state index contributed by atoms with van der Waals surface area (Å²) in [4.78, 5) is 11.8. The fourth-order valence-corrected chi connectivity index (χ4v) is 7.01. The van der Waals surface area contributed by atoms with Crippen LogP contribution in [0.2, 0.25) is 0 Å². The monoisotopic (exact) mass is 334 g/mol. The first-order chi connectivity index (χ1) is 11.2. The Morgan fingerprint density at radius 2 is 1.83 bits per heavy atom. The molecule has 0 amide bonds. The van der Waals surface area contributed by atoms with Crippen LogP contribution in [0.25, 0.3) is 0 Å². The average Bonchev–Trinajstić information content (AvgIpc) is 2.81. The molecule has 134 valence electrons. The number of carbonyl (C=O) groups is 1. The van der Waals surface area contributed by atoms with Gasteiger partial charge in [0.05, 0.1) is 6.10 Å². The molecule has 0 bridgehead atoms. The molecule has 0 aromatic heterocycles. The highest BCUT2D eigenvalue weighted by Gasteiger charge is 2.66. The number of fused-ring (bicyclic) bond motifs is 5. The number of hydrogen-bond donors (Lipinski definition) is 3. The molecule has 7 atom stereocenters. The highest BCUT2D eigenvalue weighted by Crippen LogP contribution is 2.67. The Morgan fingerprint density at radius 3 is 2.54 bits per heavy atom. The van der Waals surface area contributed by atoms with Crippen LogP contribution < -0.4 is 0 Å². The van der Waals surface area contributed by atoms with Crippen LogP contribution in [0.4, 0.5) is 0 Å². The second-order valence-corrected chi connectivity index (χ2v) is 9.32. The van der Waals surface area contributed by atoms with Crippen molar-refractivity contribution in [2.45, 2.75) is 76.9 Å². The molecule has 24 heavy (non-hydrogen) atoms. The summed E-state index contributed by atoms with van der Waals surface area (Å²) in [5.74, 6) is 0.296. The Morgan fingerprint density at radius 1 is 1.12 bits per heavy atom. The lowest BCUT2D eigenvalue weighted by Gasteiger charge is -2.58. The van der Waals surface area contributed by atoms with E-state index in [1.165, 1.54) is 5.57 Å². The van der Waals surface area contributed by atoms with Crippen LogP contribution in [0.1, 0.15) is 65.2 Å². The van der Waals surface area contributed by atoms with E-state index in [4.69, 9.17) is 0 Å². The van der Waals surface area contributed by atoms with Gasteiger partial charge in [-0.15, -0.1) is 0 Å². The number of rotatable bonds is 1. The maximum Gasteiger partial charge on any atom is 0.336 e. The van der Waals surface area contributed by atoms with Crippen molar-refractivity contribution in [2.24, 2.45) is 28.6 Å². The Labute approximate surface area is 144 Å². The molecule has 0 radical (unpaired) electrons. The van der Waals surface area contributed by atoms with Gasteiger partial charge in [0.15, 0.2) is 5.60 Å². The molecule has 3 N–H and O–H groups in total. The Kier molecular flexibility index (Phi) is 3.51. The number of hydrogen-bond acceptors (Lipinski definition) is 3. The lowest BCUT2D eigenvalue weighted by atomic mass is 9.47. The Balaban J connectivity index is 1.69. The van der Waals surface area contributed by atoms with Crippen LogP contribution in [0.3, 0.4) is 0 Å². The molecule has 0 heterocycles. The molecule has 0 aromatic rings. The maximum absolute atomic E-state index is 11.8. The lowest BCUT2D eigenvalue weighted by molar-refractivity contribution is -0.180. The molecule has 0 aliphatic heterocycles. The number of aliphatic hydroxyl groups is 2. The first-order valence-electron chi connectivity index (χ1n) is 9.56. The summed E-state index contributed by atoms with van der Waals surface area (Å²) in [7, 11) is 0. The van der Waals surface area contributed by atoms with E-state index in [1.807, 2.05) is 6.92 Å². The van der Waals surface area contributed by atoms with E-state index < -0.39 is 17.0 Å². The maximum atomic E-state index is 11.8. The zero-order valence-electron chi connectivity index (χ0n) is 14.8. The number of carboxylic acid groups (broad SMARTS) is 1. The molecule has 4 aliphatic rings. The molecular formula is C20H30O4. The summed E-state index contributed by atoms with van der Waals surface area (Å²) in [6, 6.07) is 0. The van der Waals surface area contributed by atoms with Crippen molar-refractivity contribution in [3.8, 4) is 0 Å². The summed E-state index contributed by atoms with van der Waals surface area (Å²) in [6.07, 6.45) is 8.85. The lowest BCUT2D eigenvalue weighted by Crippen LogP contribution is -2.57. The third-order valence-corrected chi connectivity index (χ3v) is 8.58. The topological polar surface area (TPSA) is 77.8 Å². The molecule has 3 saturated carbocycles. The van der Waals surface area contributed by atoms with Crippen LogP contribution in [0.5, 0.6) is 0 Å². The van der Waals surface area contributed by atoms with Gasteiger partial charge in [-0.25, -0.2) is 4.79 Å². The normalized spacial score (nSPS) is 53.6. The molecular weight excluding hydrogens is 304 g/mol.